The van der Waals surface area contributed by atoms with E-state index in [-0.39, 0.29) is 16.8 Å². The summed E-state index contributed by atoms with van der Waals surface area (Å²) in [4.78, 5) is 12.7. The maximum atomic E-state index is 12.7. The van der Waals surface area contributed by atoms with E-state index in [9.17, 15) is 4.79 Å². The number of hydrogen-bond acceptors (Lipinski definition) is 3. The van der Waals surface area contributed by atoms with Gasteiger partial charge in [-0.3, -0.25) is 0 Å². The molecule has 4 fully saturated rings. The maximum Gasteiger partial charge on any atom is 0.338 e. The topological polar surface area (TPSA) is 52.3 Å². The molecule has 0 spiro atoms. The average Bonchev–Trinajstić information content (AvgIpc) is 3.33. The third kappa shape index (κ3) is 4.48. The molecule has 9 unspecified atom stereocenters. The van der Waals surface area contributed by atoms with E-state index in [0.717, 1.165) is 24.8 Å². The molecule has 3 heteroatoms. The van der Waals surface area contributed by atoms with Gasteiger partial charge in [-0.2, -0.15) is 0 Å². The van der Waals surface area contributed by atoms with Gasteiger partial charge in [0.15, 0.2) is 0 Å². The molecule has 0 saturated heterocycles. The van der Waals surface area contributed by atoms with Crippen LogP contribution in [0.1, 0.15) is 136 Å². The molecule has 242 valence electrons. The van der Waals surface area contributed by atoms with Crippen molar-refractivity contribution in [2.45, 2.75) is 126 Å². The molecule has 0 radical (unpaired) electrons. The van der Waals surface area contributed by atoms with Gasteiger partial charge in [-0.15, -0.1) is 0 Å². The summed E-state index contributed by atoms with van der Waals surface area (Å²) < 4.78 is 5.63. The van der Waals surface area contributed by atoms with Gasteiger partial charge in [-0.1, -0.05) is 65.0 Å². The molecular formula is C41H61NO2. The molecule has 5 aliphatic carbocycles. The quantitative estimate of drug-likeness (QED) is 0.277. The molecule has 5 aliphatic rings. The summed E-state index contributed by atoms with van der Waals surface area (Å²) in [6.45, 7) is 26.6. The van der Waals surface area contributed by atoms with E-state index in [4.69, 9.17) is 10.5 Å². The van der Waals surface area contributed by atoms with Crippen molar-refractivity contribution in [2.24, 2.45) is 62.4 Å². The Morgan fingerprint density at radius 2 is 1.59 bits per heavy atom. The van der Waals surface area contributed by atoms with Crippen molar-refractivity contribution in [3.8, 4) is 0 Å². The normalized spacial score (nSPS) is 42.7. The Morgan fingerprint density at radius 1 is 0.909 bits per heavy atom. The fraction of sp³-hybridized carbons (Fsp3) is 0.732. The van der Waals surface area contributed by atoms with Gasteiger partial charge in [0.05, 0.1) is 5.56 Å². The predicted octanol–water partition coefficient (Wildman–Crippen LogP) is 10.3. The van der Waals surface area contributed by atoms with Gasteiger partial charge in [0, 0.05) is 0 Å². The van der Waals surface area contributed by atoms with E-state index in [0.29, 0.717) is 39.6 Å². The Balaban J connectivity index is 1.31. The first-order chi connectivity index (χ1) is 20.4. The zero-order valence-corrected chi connectivity index (χ0v) is 29.4. The summed E-state index contributed by atoms with van der Waals surface area (Å²) in [6.07, 6.45) is 14.3. The molecule has 9 atom stereocenters. The van der Waals surface area contributed by atoms with Crippen LogP contribution in [0, 0.1) is 56.7 Å². The molecule has 0 aromatic heterocycles. The van der Waals surface area contributed by atoms with Crippen molar-refractivity contribution in [3.05, 3.63) is 53.6 Å². The summed E-state index contributed by atoms with van der Waals surface area (Å²) in [5.41, 5.74) is 12.3. The standard InChI is InChI=1S/C41H61NO2/c1-26(2)29-17-22-41(25-42)24-23-39(9)31(34(29)41)15-16-33-38(8)20-18-30(37(6,7)32(38)19-21-40(33,39)10)27-11-13-28(14-12-27)35(43)44-36(3,4)5/h11-14,18,29,31-34H,1,15-17,19-25,42H2,2-10H3. The van der Waals surface area contributed by atoms with Crippen LogP contribution in [-0.2, 0) is 4.74 Å². The van der Waals surface area contributed by atoms with E-state index < -0.39 is 5.60 Å². The van der Waals surface area contributed by atoms with Gasteiger partial charge in [0.25, 0.3) is 0 Å². The summed E-state index contributed by atoms with van der Waals surface area (Å²) in [5, 5.41) is 0. The Bertz CT molecular complexity index is 1350. The van der Waals surface area contributed by atoms with Gasteiger partial charge in [0.1, 0.15) is 5.60 Å². The summed E-state index contributed by atoms with van der Waals surface area (Å²) >= 11 is 0. The predicted molar refractivity (Wildman–Crippen MR) is 183 cm³/mol. The molecule has 1 aromatic rings. The molecule has 1 aromatic carbocycles. The Hall–Kier alpha value is -1.87. The van der Waals surface area contributed by atoms with Gasteiger partial charge in [-0.25, -0.2) is 4.79 Å². The number of benzene rings is 1. The van der Waals surface area contributed by atoms with Crippen molar-refractivity contribution >= 4 is 11.5 Å². The first-order valence-corrected chi connectivity index (χ1v) is 17.8. The number of nitrogens with two attached hydrogens (primary N) is 1. The van der Waals surface area contributed by atoms with Gasteiger partial charge < -0.3 is 10.5 Å². The lowest BCUT2D eigenvalue weighted by Crippen LogP contribution is -2.65. The molecule has 0 bridgehead atoms. The van der Waals surface area contributed by atoms with E-state index in [2.05, 4.69) is 66.3 Å². The Morgan fingerprint density at radius 3 is 2.20 bits per heavy atom. The lowest BCUT2D eigenvalue weighted by molar-refractivity contribution is -0.224. The minimum absolute atomic E-state index is 0.0668. The summed E-state index contributed by atoms with van der Waals surface area (Å²) in [7, 11) is 0. The zero-order valence-electron chi connectivity index (χ0n) is 29.4. The second-order valence-corrected chi connectivity index (χ2v) is 18.4. The Labute approximate surface area is 268 Å². The molecule has 4 saturated carbocycles. The van der Waals surface area contributed by atoms with Crippen LogP contribution in [0.4, 0.5) is 0 Å². The van der Waals surface area contributed by atoms with Crippen LogP contribution in [0.15, 0.2) is 42.5 Å². The lowest BCUT2D eigenvalue weighted by atomic mass is 9.32. The third-order valence-electron chi connectivity index (χ3n) is 15.1. The van der Waals surface area contributed by atoms with Crippen LogP contribution < -0.4 is 5.73 Å². The van der Waals surface area contributed by atoms with Gasteiger partial charge >= 0.3 is 5.97 Å². The number of fused-ring (bicyclic) bond motifs is 7. The molecule has 6 rings (SSSR count). The van der Waals surface area contributed by atoms with Crippen molar-refractivity contribution < 1.29 is 9.53 Å². The highest BCUT2D eigenvalue weighted by Gasteiger charge is 2.70. The van der Waals surface area contributed by atoms with E-state index in [1.54, 1.807) is 0 Å². The van der Waals surface area contributed by atoms with Crippen LogP contribution >= 0.6 is 0 Å². The number of esters is 1. The fourth-order valence-electron chi connectivity index (χ4n) is 12.9. The second-order valence-electron chi connectivity index (χ2n) is 18.4. The van der Waals surface area contributed by atoms with Gasteiger partial charge in [0.2, 0.25) is 0 Å². The van der Waals surface area contributed by atoms with Crippen molar-refractivity contribution in [1.82, 2.24) is 0 Å². The number of allylic oxidation sites excluding steroid dienone is 3. The highest BCUT2D eigenvalue weighted by molar-refractivity contribution is 5.90. The van der Waals surface area contributed by atoms with E-state index >= 15 is 0 Å². The highest BCUT2D eigenvalue weighted by atomic mass is 16.6. The average molecular weight is 600 g/mol. The molecule has 0 heterocycles. The smallest absolute Gasteiger partial charge is 0.338 e. The SMILES string of the molecule is C=C(C)C1CCC2(CN)CCC3(C)C(CCC4C5(C)CC=C(c6ccc(C(=O)OC(C)(C)C)cc6)C(C)(C)C5CCC43C)C12. The molecule has 44 heavy (non-hydrogen) atoms. The zero-order chi connectivity index (χ0) is 32.1. The van der Waals surface area contributed by atoms with Crippen LogP contribution in [0.2, 0.25) is 0 Å². The Kier molecular flexibility index (Phi) is 7.52. The summed E-state index contributed by atoms with van der Waals surface area (Å²) in [6, 6.07) is 8.22. The number of hydrogen-bond donors (Lipinski definition) is 1. The summed E-state index contributed by atoms with van der Waals surface area (Å²) in [5.74, 6) is 3.25. The van der Waals surface area contributed by atoms with Crippen LogP contribution in [0.25, 0.3) is 5.57 Å². The first kappa shape index (κ1) is 32.1. The molecule has 0 amide bonds. The number of ether oxygens (including phenoxy) is 1. The van der Waals surface area contributed by atoms with Crippen LogP contribution in [0.3, 0.4) is 0 Å². The van der Waals surface area contributed by atoms with E-state index in [1.165, 1.54) is 68.1 Å². The van der Waals surface area contributed by atoms with Crippen molar-refractivity contribution in [2.75, 3.05) is 6.54 Å². The monoisotopic (exact) mass is 599 g/mol. The first-order valence-electron chi connectivity index (χ1n) is 17.8. The largest absolute Gasteiger partial charge is 0.456 e. The molecule has 3 nitrogen and oxygen atoms in total. The number of carbonyl (C=O) groups is 1. The third-order valence-corrected chi connectivity index (χ3v) is 15.1. The molecule has 0 aliphatic heterocycles. The minimum Gasteiger partial charge on any atom is -0.456 e. The molecule has 2 N–H and O–H groups in total. The number of rotatable bonds is 4. The van der Waals surface area contributed by atoms with Crippen molar-refractivity contribution in [1.29, 1.82) is 0 Å². The maximum absolute atomic E-state index is 12.7. The van der Waals surface area contributed by atoms with Crippen LogP contribution in [0.5, 0.6) is 0 Å². The van der Waals surface area contributed by atoms with Gasteiger partial charge in [-0.05, 0) is 172 Å². The fourth-order valence-corrected chi connectivity index (χ4v) is 12.9. The van der Waals surface area contributed by atoms with Crippen molar-refractivity contribution in [3.63, 3.8) is 0 Å². The minimum atomic E-state index is -0.492. The number of carbonyl (C=O) groups excluding carboxylic acids is 1. The molecular weight excluding hydrogens is 538 g/mol. The van der Waals surface area contributed by atoms with Crippen LogP contribution in [-0.4, -0.2) is 18.1 Å². The lowest BCUT2D eigenvalue weighted by Gasteiger charge is -2.72. The highest BCUT2D eigenvalue weighted by Crippen LogP contribution is 2.77. The second kappa shape index (κ2) is 10.3. The van der Waals surface area contributed by atoms with E-state index in [1.807, 2.05) is 32.9 Å².